The maximum absolute atomic E-state index is 14.7. The van der Waals surface area contributed by atoms with Crippen molar-refractivity contribution in [1.82, 2.24) is 0 Å². The highest BCUT2D eigenvalue weighted by molar-refractivity contribution is 5.90. The second kappa shape index (κ2) is 28.4. The Balaban J connectivity index is 1.49. The topological polar surface area (TPSA) is 337 Å². The monoisotopic (exact) mass is 1130 g/mol. The lowest BCUT2D eigenvalue weighted by Gasteiger charge is -2.46. The van der Waals surface area contributed by atoms with Crippen LogP contribution < -0.4 is 0 Å². The van der Waals surface area contributed by atoms with Gasteiger partial charge >= 0.3 is 59.7 Å². The van der Waals surface area contributed by atoms with Crippen LogP contribution in [-0.4, -0.2) is 181 Å². The molecule has 0 N–H and O–H groups in total. The predicted octanol–water partition coefficient (Wildman–Crippen LogP) is 1.45. The van der Waals surface area contributed by atoms with Gasteiger partial charge in [-0.3, -0.25) is 38.4 Å². The summed E-state index contributed by atoms with van der Waals surface area (Å²) in [4.78, 5) is 127. The number of rotatable bonds is 22. The minimum Gasteiger partial charge on any atom is -0.472 e. The smallest absolute Gasteiger partial charge is 0.337 e. The molecule has 0 aromatic rings. The van der Waals surface area contributed by atoms with Gasteiger partial charge in [0, 0.05) is 106 Å². The Kier molecular flexibility index (Phi) is 22.7. The fraction of sp³-hybridized carbons (Fsp3) is 0.686. The molecule has 440 valence electrons. The Labute approximate surface area is 454 Å². The Bertz CT molecular complexity index is 2320. The van der Waals surface area contributed by atoms with Crippen molar-refractivity contribution in [2.75, 3.05) is 34.5 Å². The van der Waals surface area contributed by atoms with Gasteiger partial charge in [0.15, 0.2) is 42.9 Å². The lowest BCUT2D eigenvalue weighted by atomic mass is 9.81. The lowest BCUT2D eigenvalue weighted by molar-refractivity contribution is -0.345. The van der Waals surface area contributed by atoms with E-state index in [1.807, 2.05) is 0 Å². The molecule has 4 aliphatic heterocycles. The molecule has 0 aromatic carbocycles. The van der Waals surface area contributed by atoms with Gasteiger partial charge in [-0.15, -0.1) is 6.58 Å². The van der Waals surface area contributed by atoms with Crippen molar-refractivity contribution >= 4 is 59.7 Å². The van der Waals surface area contributed by atoms with Gasteiger partial charge in [0.05, 0.1) is 30.8 Å². The highest BCUT2D eigenvalue weighted by atomic mass is 16.8. The first-order valence-corrected chi connectivity index (χ1v) is 24.9. The van der Waals surface area contributed by atoms with Crippen LogP contribution in [0.25, 0.3) is 0 Å². The van der Waals surface area contributed by atoms with Crippen LogP contribution in [0.3, 0.4) is 0 Å². The van der Waals surface area contributed by atoms with E-state index in [0.717, 1.165) is 75.0 Å². The number of ether oxygens (including phenoxy) is 18. The van der Waals surface area contributed by atoms with E-state index in [4.69, 9.17) is 85.3 Å². The maximum Gasteiger partial charge on any atom is 0.337 e. The molecule has 18 atom stereocenters. The third-order valence-electron chi connectivity index (χ3n) is 13.3. The summed E-state index contributed by atoms with van der Waals surface area (Å²) in [6, 6.07) is 0. The Hall–Kier alpha value is -6.72. The van der Waals surface area contributed by atoms with Gasteiger partial charge in [0.1, 0.15) is 31.5 Å². The van der Waals surface area contributed by atoms with Crippen LogP contribution in [0.4, 0.5) is 0 Å². The van der Waals surface area contributed by atoms with E-state index in [1.165, 1.54) is 20.3 Å². The summed E-state index contributed by atoms with van der Waals surface area (Å²) in [5.41, 5.74) is -0.0490. The molecular formula is C51H68O28. The molecule has 1 aliphatic carbocycles. The van der Waals surface area contributed by atoms with Gasteiger partial charge < -0.3 is 85.3 Å². The highest BCUT2D eigenvalue weighted by Crippen LogP contribution is 2.50. The molecule has 2 saturated heterocycles. The molecule has 28 heteroatoms. The average molecular weight is 1130 g/mol. The van der Waals surface area contributed by atoms with Crippen LogP contribution >= 0.6 is 0 Å². The molecule has 0 spiro atoms. The maximum atomic E-state index is 14.7. The standard InChI is InChI=1S/C51H68O28/c1-14-30-31(16-38(62-11)63-12)33(17-67-48(30)78-50-44(73-28(9)58)42(71-26(7)56)40(69-24(5)54)36(76-50)19-65-22(3)52)47(61)75-35-15-32-34(46(60)64-13)18-68-49(39(32)21(35)2)79-51-45(74-29(10)59)43(72-27(8)57)41(70-25(6)55)37(77-51)20-66-23(4)53/h14,17-18,21,30-32,35-45,48-51H,1,15-16,19-20H2,2-13H3/t21-,30+,31-,32+,35-,36+,37+,39+,40+,41+,42-,43-,44+,45+,48-,49-,50-,51-/m0/s1. The molecule has 0 unspecified atom stereocenters. The molecule has 4 heterocycles. The number of carbonyl (C=O) groups excluding carboxylic acids is 10. The van der Waals surface area contributed by atoms with Crippen molar-refractivity contribution in [3.05, 3.63) is 36.3 Å². The van der Waals surface area contributed by atoms with Crippen molar-refractivity contribution in [2.24, 2.45) is 29.6 Å². The van der Waals surface area contributed by atoms with E-state index in [1.54, 1.807) is 6.92 Å². The largest absolute Gasteiger partial charge is 0.472 e. The minimum absolute atomic E-state index is 0.0304. The van der Waals surface area contributed by atoms with Crippen LogP contribution in [0.15, 0.2) is 36.3 Å². The fourth-order valence-corrected chi connectivity index (χ4v) is 10.1. The highest BCUT2D eigenvalue weighted by Gasteiger charge is 2.59. The second-order valence-corrected chi connectivity index (χ2v) is 18.8. The molecule has 0 aromatic heterocycles. The summed E-state index contributed by atoms with van der Waals surface area (Å²) in [7, 11) is 3.88. The van der Waals surface area contributed by atoms with Crippen molar-refractivity contribution in [2.45, 2.75) is 162 Å². The summed E-state index contributed by atoms with van der Waals surface area (Å²) in [5.74, 6) is -12.9. The van der Waals surface area contributed by atoms with E-state index in [9.17, 15) is 47.9 Å². The number of methoxy groups -OCH3 is 3. The number of fused-ring (bicyclic) bond motifs is 1. The van der Waals surface area contributed by atoms with Crippen LogP contribution in [-0.2, 0) is 133 Å². The summed E-state index contributed by atoms with van der Waals surface area (Å²) < 4.78 is 103. The molecule has 3 fully saturated rings. The van der Waals surface area contributed by atoms with Crippen molar-refractivity contribution in [1.29, 1.82) is 0 Å². The third kappa shape index (κ3) is 16.2. The van der Waals surface area contributed by atoms with E-state index >= 15 is 0 Å². The van der Waals surface area contributed by atoms with Gasteiger partial charge in [-0.25, -0.2) is 9.59 Å². The number of carbonyl (C=O) groups is 10. The quantitative estimate of drug-likeness (QED) is 0.0641. The van der Waals surface area contributed by atoms with Crippen molar-refractivity contribution < 1.29 is 133 Å². The van der Waals surface area contributed by atoms with Crippen LogP contribution in [0, 0.1) is 29.6 Å². The first-order chi connectivity index (χ1) is 37.3. The van der Waals surface area contributed by atoms with Gasteiger partial charge in [-0.1, -0.05) is 13.0 Å². The van der Waals surface area contributed by atoms with Crippen LogP contribution in [0.2, 0.25) is 0 Å². The normalized spacial score (nSPS) is 32.8. The van der Waals surface area contributed by atoms with E-state index in [2.05, 4.69) is 6.58 Å². The van der Waals surface area contributed by atoms with Gasteiger partial charge in [0.2, 0.25) is 25.2 Å². The second-order valence-electron chi connectivity index (χ2n) is 18.8. The van der Waals surface area contributed by atoms with Crippen LogP contribution in [0.1, 0.15) is 75.2 Å². The van der Waals surface area contributed by atoms with Crippen molar-refractivity contribution in [3.8, 4) is 0 Å². The van der Waals surface area contributed by atoms with Crippen molar-refractivity contribution in [3.63, 3.8) is 0 Å². The molecule has 0 radical (unpaired) electrons. The molecule has 1 saturated carbocycles. The molecule has 28 nitrogen and oxygen atoms in total. The van der Waals surface area contributed by atoms with Gasteiger partial charge in [-0.2, -0.15) is 0 Å². The summed E-state index contributed by atoms with van der Waals surface area (Å²) in [6.45, 7) is 13.1. The zero-order valence-corrected chi connectivity index (χ0v) is 45.7. The third-order valence-corrected chi connectivity index (χ3v) is 13.3. The number of hydrogen-bond donors (Lipinski definition) is 0. The minimum atomic E-state index is -1.71. The van der Waals surface area contributed by atoms with Crippen LogP contribution in [0.5, 0.6) is 0 Å². The number of hydrogen-bond acceptors (Lipinski definition) is 28. The molecule has 5 rings (SSSR count). The SMILES string of the molecule is C=C[C@H]1[C@H](O[C@@H]2O[C@H](COC(C)=O)[C@@H](OC(C)=O)[C@H](OC(C)=O)[C@H]2OC(C)=O)OC=C(C(=O)O[C@H]2C[C@@H]3C(C(=O)OC)=CO[C@@H](O[C@@H]4O[C@H](COC(C)=O)[C@@H](OC(C)=O)[C@H](OC(C)=O)[C@H]4OC(C)=O)[C@@H]3[C@H]2C)[C@H]1CC(OC)OC. The summed E-state index contributed by atoms with van der Waals surface area (Å²) in [5, 5.41) is 0. The fourth-order valence-electron chi connectivity index (χ4n) is 10.1. The summed E-state index contributed by atoms with van der Waals surface area (Å²) >= 11 is 0. The summed E-state index contributed by atoms with van der Waals surface area (Å²) in [6.07, 6.45) is -17.0. The predicted molar refractivity (Wildman–Crippen MR) is 254 cm³/mol. The average Bonchev–Trinajstić information content (AvgIpc) is 3.82. The van der Waals surface area contributed by atoms with E-state index in [-0.39, 0.29) is 24.0 Å². The van der Waals surface area contributed by atoms with E-state index < -0.39 is 189 Å². The first-order valence-electron chi connectivity index (χ1n) is 24.9. The molecule has 0 amide bonds. The van der Waals surface area contributed by atoms with Gasteiger partial charge in [0.25, 0.3) is 0 Å². The Morgan fingerprint density at radius 3 is 1.38 bits per heavy atom. The molecule has 0 bridgehead atoms. The number of esters is 10. The molecule has 5 aliphatic rings. The lowest BCUT2D eigenvalue weighted by Crippen LogP contribution is -2.63. The molecule has 79 heavy (non-hydrogen) atoms. The van der Waals surface area contributed by atoms with E-state index in [0.29, 0.717) is 0 Å². The first kappa shape index (κ1) is 63.1. The zero-order valence-electron chi connectivity index (χ0n) is 45.7. The van der Waals surface area contributed by atoms with Gasteiger partial charge in [-0.05, 0) is 6.42 Å². The Morgan fingerprint density at radius 2 is 0.962 bits per heavy atom. The zero-order chi connectivity index (χ0) is 58.6. The Morgan fingerprint density at radius 1 is 0.544 bits per heavy atom. The molecular weight excluding hydrogens is 1060 g/mol.